The highest BCUT2D eigenvalue weighted by molar-refractivity contribution is 6.15. The third kappa shape index (κ3) is 20.2. The van der Waals surface area contributed by atoms with Crippen LogP contribution in [0.5, 0.6) is 0 Å². The van der Waals surface area contributed by atoms with Crippen molar-refractivity contribution in [2.75, 3.05) is 28.4 Å². The Morgan fingerprint density at radius 3 is 1.32 bits per heavy atom. The summed E-state index contributed by atoms with van der Waals surface area (Å²) < 4.78 is 4.62. The number of esters is 1. The van der Waals surface area contributed by atoms with E-state index in [-0.39, 0.29) is 23.7 Å². The van der Waals surface area contributed by atoms with Gasteiger partial charge in [0.25, 0.3) is 0 Å². The summed E-state index contributed by atoms with van der Waals surface area (Å²) in [4.78, 5) is 53.0. The molecule has 4 amide bonds. The molecule has 24 heteroatoms. The summed E-state index contributed by atoms with van der Waals surface area (Å²) in [5, 5.41) is 46.0. The summed E-state index contributed by atoms with van der Waals surface area (Å²) >= 11 is 0. The third-order valence-electron chi connectivity index (χ3n) is 12.2. The average molecular weight is 1170 g/mol. The molecule has 0 saturated carbocycles. The third-order valence-corrected chi connectivity index (χ3v) is 12.2. The number of Topliss-reactive ketones (excluding diaryl/α,β-unsaturated/α-hetero) is 1. The molecule has 0 aliphatic carbocycles. The zero-order valence-corrected chi connectivity index (χ0v) is 48.9. The Balaban J connectivity index is 0.000000211. The Kier molecular flexibility index (Phi) is 23.2. The Morgan fingerprint density at radius 2 is 0.851 bits per heavy atom. The molecular weight excluding hydrogens is 1100 g/mol. The van der Waals surface area contributed by atoms with Crippen LogP contribution in [0.1, 0.15) is 90.2 Å². The van der Waals surface area contributed by atoms with Crippen LogP contribution >= 0.6 is 0 Å². The van der Waals surface area contributed by atoms with Gasteiger partial charge in [0.1, 0.15) is 17.4 Å². The number of benzene rings is 7. The zero-order chi connectivity index (χ0) is 63.0. The number of fused-ring (bicyclic) bond motifs is 2. The largest absolute Gasteiger partial charge is 0.465 e. The number of methoxy groups -OCH3 is 1. The molecule has 0 radical (unpaired) electrons. The van der Waals surface area contributed by atoms with Crippen molar-refractivity contribution < 1.29 is 23.9 Å². The van der Waals surface area contributed by atoms with Gasteiger partial charge in [0.2, 0.25) is 11.9 Å². The summed E-state index contributed by atoms with van der Waals surface area (Å²) in [6, 6.07) is 48.6. The average Bonchev–Trinajstić information content (AvgIpc) is 2.53. The van der Waals surface area contributed by atoms with Gasteiger partial charge in [-0.3, -0.25) is 9.78 Å². The second-order valence-electron chi connectivity index (χ2n) is 19.1. The SMILES string of the molecule is CC(N)=N/N=C(\C)c1ccc(CC(=O)c2cc3ccccc3cn2)cc1.CC(N)=N/N=C(\C)c1ccc(NC(=O)Nc2ccc(/C(C)=N\N=C(N)N)c3ccccc23)cc1.COC(=O)c1ccc(NC(=O)Nc2ccc(/C(C)=N/N=C(N)N)cc2)cc1. The van der Waals surface area contributed by atoms with Gasteiger partial charge in [-0.15, -0.1) is 20.4 Å². The molecule has 24 nitrogen and oxygen atoms in total. The first-order valence-electron chi connectivity index (χ1n) is 26.7. The highest BCUT2D eigenvalue weighted by atomic mass is 16.5. The van der Waals surface area contributed by atoms with E-state index in [4.69, 9.17) is 34.4 Å². The highest BCUT2D eigenvalue weighted by Crippen LogP contribution is 2.28. The molecule has 8 aromatic rings. The molecule has 1 aromatic heterocycles. The van der Waals surface area contributed by atoms with E-state index in [0.29, 0.717) is 69.2 Å². The lowest BCUT2D eigenvalue weighted by molar-refractivity contribution is 0.0600. The fourth-order valence-corrected chi connectivity index (χ4v) is 7.87. The van der Waals surface area contributed by atoms with Crippen LogP contribution in [0.3, 0.4) is 0 Å². The van der Waals surface area contributed by atoms with Crippen molar-refractivity contribution in [3.63, 3.8) is 0 Å². The number of carbonyl (C=O) groups is 4. The topological polar surface area (TPSA) is 394 Å². The maximum absolute atomic E-state index is 12.7. The van der Waals surface area contributed by atoms with Crippen LogP contribution in [0.4, 0.5) is 32.3 Å². The Morgan fingerprint density at radius 1 is 0.437 bits per heavy atom. The van der Waals surface area contributed by atoms with E-state index in [1.807, 2.05) is 124 Å². The van der Waals surface area contributed by atoms with Crippen LogP contribution in [0.25, 0.3) is 21.5 Å². The van der Waals surface area contributed by atoms with Crippen LogP contribution in [-0.4, -0.2) is 82.3 Å². The molecule has 7 aromatic carbocycles. The number of hydrogen-bond donors (Lipinski definition) is 10. The van der Waals surface area contributed by atoms with Crippen molar-refractivity contribution in [2.24, 2.45) is 75.2 Å². The number of aromatic nitrogens is 1. The number of amidine groups is 2. The number of nitrogens with one attached hydrogen (secondary N) is 4. The van der Waals surface area contributed by atoms with Gasteiger partial charge >= 0.3 is 18.0 Å². The normalized spacial score (nSPS) is 11.9. The first-order chi connectivity index (χ1) is 41.6. The van der Waals surface area contributed by atoms with E-state index in [1.165, 1.54) is 7.11 Å². The van der Waals surface area contributed by atoms with Gasteiger partial charge in [0.15, 0.2) is 5.78 Å². The Bertz CT molecular complexity index is 4010. The van der Waals surface area contributed by atoms with Crippen molar-refractivity contribution in [1.82, 2.24) is 4.98 Å². The predicted molar refractivity (Wildman–Crippen MR) is 351 cm³/mol. The fourth-order valence-electron chi connectivity index (χ4n) is 7.87. The number of ether oxygens (including phenoxy) is 1. The highest BCUT2D eigenvalue weighted by Gasteiger charge is 2.14. The standard InChI is InChI=1S/C24H27N9O.C21H20N4O.C18H20N6O3/c1-14(30-32-16(3)25)17-8-10-18(11-9-17)28-24(34)29-22-13-12-19(15(2)31-33-23(26)27)20-6-4-5-7-21(20)22;1-14(24-25-15(2)22)17-9-7-16(8-10-17)11-21(26)20-12-18-5-3-4-6-19(18)13-23-20;1-11(23-24-17(19)20)12-3-7-14(8-4-12)21-18(26)22-15-9-5-13(6-10-15)16(25)27-2/h4-13H,1-3H3,(H2,25,32)(H4,26,27,33)(H2,28,29,34);3-10,12-13H,11H2,1-2H3,(H2,22,25);3-10H,1-2H3,(H4,19,20,24)(H2,21,22,26)/b30-14+,31-15-;24-14+;23-11+. The van der Waals surface area contributed by atoms with Crippen molar-refractivity contribution in [3.8, 4) is 0 Å². The second kappa shape index (κ2) is 31.5. The monoisotopic (exact) mass is 1170 g/mol. The lowest BCUT2D eigenvalue weighted by Crippen LogP contribution is -2.22. The fraction of sp³-hybridized carbons (Fsp3) is 0.127. The minimum Gasteiger partial charge on any atom is -0.465 e. The molecule has 0 bridgehead atoms. The zero-order valence-electron chi connectivity index (χ0n) is 48.9. The van der Waals surface area contributed by atoms with Gasteiger partial charge in [-0.1, -0.05) is 103 Å². The number of ketones is 1. The maximum atomic E-state index is 12.7. The maximum Gasteiger partial charge on any atom is 0.337 e. The smallest absolute Gasteiger partial charge is 0.337 e. The minimum absolute atomic E-state index is 0.00255. The van der Waals surface area contributed by atoms with Gasteiger partial charge in [-0.25, -0.2) is 14.4 Å². The second-order valence-corrected chi connectivity index (χ2v) is 19.1. The summed E-state index contributed by atoms with van der Waals surface area (Å²) in [6.07, 6.45) is 2.05. The minimum atomic E-state index is -0.440. The number of pyridine rings is 1. The number of amides is 4. The lowest BCUT2D eigenvalue weighted by Gasteiger charge is -2.13. The molecule has 8 rings (SSSR count). The van der Waals surface area contributed by atoms with E-state index < -0.39 is 12.0 Å². The summed E-state index contributed by atoms with van der Waals surface area (Å²) in [6.45, 7) is 10.6. The van der Waals surface area contributed by atoms with E-state index in [1.54, 1.807) is 87.6 Å². The van der Waals surface area contributed by atoms with Gasteiger partial charge in [-0.2, -0.15) is 20.4 Å². The summed E-state index contributed by atoms with van der Waals surface area (Å²) in [5.41, 5.74) is 42.7. The molecule has 0 aliphatic rings. The van der Waals surface area contributed by atoms with Gasteiger partial charge in [0, 0.05) is 46.0 Å². The molecule has 444 valence electrons. The van der Waals surface area contributed by atoms with Crippen LogP contribution in [0, 0.1) is 0 Å². The molecule has 0 unspecified atom stereocenters. The summed E-state index contributed by atoms with van der Waals surface area (Å²) in [7, 11) is 1.31. The molecule has 0 spiro atoms. The quantitative estimate of drug-likeness (QED) is 0.0142. The number of nitrogens with two attached hydrogens (primary N) is 6. The van der Waals surface area contributed by atoms with Crippen LogP contribution in [-0.2, 0) is 11.2 Å². The number of urea groups is 2. The van der Waals surface area contributed by atoms with Crippen molar-refractivity contribution >= 4 is 115 Å². The molecule has 1 heterocycles. The Labute approximate surface area is 502 Å². The summed E-state index contributed by atoms with van der Waals surface area (Å²) in [5.74, 6) is 0.111. The number of rotatable bonds is 16. The number of nitrogens with zero attached hydrogens (tertiary/aromatic N) is 9. The van der Waals surface area contributed by atoms with E-state index in [9.17, 15) is 19.2 Å². The number of guanidine groups is 2. The van der Waals surface area contributed by atoms with Crippen LogP contribution in [0.2, 0.25) is 0 Å². The van der Waals surface area contributed by atoms with Crippen LogP contribution in [0.15, 0.2) is 211 Å². The van der Waals surface area contributed by atoms with Gasteiger partial charge in [-0.05, 0) is 135 Å². The first kappa shape index (κ1) is 64.2. The van der Waals surface area contributed by atoms with Crippen molar-refractivity contribution in [2.45, 2.75) is 48.0 Å². The van der Waals surface area contributed by atoms with Crippen molar-refractivity contribution in [3.05, 3.63) is 209 Å². The van der Waals surface area contributed by atoms with Crippen LogP contribution < -0.4 is 55.7 Å². The molecule has 87 heavy (non-hydrogen) atoms. The van der Waals surface area contributed by atoms with E-state index >= 15 is 0 Å². The molecule has 0 fully saturated rings. The lowest BCUT2D eigenvalue weighted by atomic mass is 10.00. The number of hydrogen-bond acceptors (Lipinski definition) is 14. The molecule has 16 N–H and O–H groups in total. The van der Waals surface area contributed by atoms with E-state index in [2.05, 4.69) is 71.8 Å². The molecule has 0 aliphatic heterocycles. The number of carbonyl (C=O) groups excluding carboxylic acids is 4. The van der Waals surface area contributed by atoms with Crippen molar-refractivity contribution in [1.29, 1.82) is 0 Å². The van der Waals surface area contributed by atoms with Gasteiger partial charge in [0.05, 0.1) is 41.2 Å². The first-order valence-corrected chi connectivity index (χ1v) is 26.7. The predicted octanol–water partition coefficient (Wildman–Crippen LogP) is 9.46. The Hall–Kier alpha value is -12.0. The molecule has 0 atom stereocenters. The molecular formula is C63H67N19O5. The van der Waals surface area contributed by atoms with Gasteiger partial charge < -0.3 is 60.4 Å². The van der Waals surface area contributed by atoms with E-state index in [0.717, 1.165) is 55.1 Å². The number of anilines is 4. The molecule has 0 saturated heterocycles.